The molecule has 0 N–H and O–H groups in total. The summed E-state index contributed by atoms with van der Waals surface area (Å²) in [6.07, 6.45) is 0.442. The van der Waals surface area contributed by atoms with E-state index in [1.807, 2.05) is 13.8 Å². The maximum Gasteiger partial charge on any atom is 0.306 e. The molecule has 0 spiro atoms. The Labute approximate surface area is 93.1 Å². The lowest BCUT2D eigenvalue weighted by molar-refractivity contribution is -0.144. The van der Waals surface area contributed by atoms with Crippen LogP contribution in [-0.2, 0) is 14.3 Å². The van der Waals surface area contributed by atoms with Crippen molar-refractivity contribution in [2.75, 3.05) is 19.8 Å². The Morgan fingerprint density at radius 3 is 2.40 bits per heavy atom. The first-order valence-electron chi connectivity index (χ1n) is 5.58. The lowest BCUT2D eigenvalue weighted by atomic mass is 9.98. The van der Waals surface area contributed by atoms with Gasteiger partial charge in [0.15, 0.2) is 0 Å². The van der Waals surface area contributed by atoms with Crippen molar-refractivity contribution in [2.24, 2.45) is 11.3 Å². The van der Waals surface area contributed by atoms with Gasteiger partial charge in [-0.25, -0.2) is 0 Å². The molecule has 90 valence electrons. The molecular formula is C12H24O3. The van der Waals surface area contributed by atoms with E-state index in [4.69, 9.17) is 9.47 Å². The standard InChI is InChI=1S/C12H24O3/c1-6-15-11(13)7-10(2)8-14-9-12(3,4)5/h10H,6-9H2,1-5H3. The summed E-state index contributed by atoms with van der Waals surface area (Å²) in [6.45, 7) is 12.0. The Bertz CT molecular complexity index is 182. The molecule has 0 saturated carbocycles. The lowest BCUT2D eigenvalue weighted by Crippen LogP contribution is -2.19. The van der Waals surface area contributed by atoms with E-state index in [0.29, 0.717) is 19.6 Å². The average molecular weight is 216 g/mol. The predicted molar refractivity (Wildman–Crippen MR) is 60.7 cm³/mol. The molecule has 1 unspecified atom stereocenters. The molecule has 0 fully saturated rings. The van der Waals surface area contributed by atoms with Crippen LogP contribution in [-0.4, -0.2) is 25.8 Å². The van der Waals surface area contributed by atoms with E-state index in [-0.39, 0.29) is 17.3 Å². The molecule has 0 rings (SSSR count). The SMILES string of the molecule is CCOC(=O)CC(C)COCC(C)(C)C. The first-order valence-corrected chi connectivity index (χ1v) is 5.58. The van der Waals surface area contributed by atoms with E-state index in [1.165, 1.54) is 0 Å². The summed E-state index contributed by atoms with van der Waals surface area (Å²) in [5.41, 5.74) is 0.184. The molecule has 0 bridgehead atoms. The number of esters is 1. The first-order chi connectivity index (χ1) is 6.85. The van der Waals surface area contributed by atoms with Gasteiger partial charge >= 0.3 is 5.97 Å². The maximum absolute atomic E-state index is 11.1. The summed E-state index contributed by atoms with van der Waals surface area (Å²) >= 11 is 0. The summed E-state index contributed by atoms with van der Waals surface area (Å²) < 4.78 is 10.4. The quantitative estimate of drug-likeness (QED) is 0.640. The molecule has 0 amide bonds. The van der Waals surface area contributed by atoms with Crippen molar-refractivity contribution in [1.82, 2.24) is 0 Å². The van der Waals surface area contributed by atoms with Crippen LogP contribution in [0.3, 0.4) is 0 Å². The van der Waals surface area contributed by atoms with Crippen molar-refractivity contribution in [2.45, 2.75) is 41.0 Å². The number of hydrogen-bond acceptors (Lipinski definition) is 3. The number of rotatable bonds is 6. The van der Waals surface area contributed by atoms with Gasteiger partial charge in [0.05, 0.1) is 19.6 Å². The predicted octanol–water partition coefficient (Wildman–Crippen LogP) is 2.64. The maximum atomic E-state index is 11.1. The smallest absolute Gasteiger partial charge is 0.306 e. The highest BCUT2D eigenvalue weighted by molar-refractivity contribution is 5.69. The zero-order chi connectivity index (χ0) is 11.9. The fraction of sp³-hybridized carbons (Fsp3) is 0.917. The molecule has 0 aliphatic heterocycles. The Kier molecular flexibility index (Phi) is 6.57. The molecule has 0 saturated heterocycles. The van der Waals surface area contributed by atoms with Crippen LogP contribution in [0, 0.1) is 11.3 Å². The minimum atomic E-state index is -0.135. The van der Waals surface area contributed by atoms with Crippen LogP contribution in [0.2, 0.25) is 0 Å². The first kappa shape index (κ1) is 14.4. The Morgan fingerprint density at radius 2 is 1.93 bits per heavy atom. The largest absolute Gasteiger partial charge is 0.466 e. The van der Waals surface area contributed by atoms with E-state index < -0.39 is 0 Å². The van der Waals surface area contributed by atoms with Crippen molar-refractivity contribution in [3.05, 3.63) is 0 Å². The van der Waals surface area contributed by atoms with Gasteiger partial charge < -0.3 is 9.47 Å². The van der Waals surface area contributed by atoms with Crippen molar-refractivity contribution < 1.29 is 14.3 Å². The van der Waals surface area contributed by atoms with Crippen LogP contribution in [0.4, 0.5) is 0 Å². The summed E-state index contributed by atoms with van der Waals surface area (Å²) in [5.74, 6) is 0.0933. The summed E-state index contributed by atoms with van der Waals surface area (Å²) in [5, 5.41) is 0. The molecule has 3 nitrogen and oxygen atoms in total. The summed E-state index contributed by atoms with van der Waals surface area (Å²) in [6, 6.07) is 0. The van der Waals surface area contributed by atoms with Crippen molar-refractivity contribution in [3.8, 4) is 0 Å². The van der Waals surface area contributed by atoms with Crippen LogP contribution in [0.25, 0.3) is 0 Å². The molecule has 15 heavy (non-hydrogen) atoms. The molecule has 0 heterocycles. The third kappa shape index (κ3) is 9.73. The van der Waals surface area contributed by atoms with E-state index in [0.717, 1.165) is 6.61 Å². The van der Waals surface area contributed by atoms with Gasteiger partial charge in [0.1, 0.15) is 0 Å². The highest BCUT2D eigenvalue weighted by Gasteiger charge is 2.13. The topological polar surface area (TPSA) is 35.5 Å². The second kappa shape index (κ2) is 6.83. The number of carbonyl (C=O) groups is 1. The third-order valence-corrected chi connectivity index (χ3v) is 1.76. The van der Waals surface area contributed by atoms with E-state index in [2.05, 4.69) is 20.8 Å². The van der Waals surface area contributed by atoms with Crippen LogP contribution in [0.15, 0.2) is 0 Å². The van der Waals surface area contributed by atoms with Crippen LogP contribution in [0.5, 0.6) is 0 Å². The molecule has 0 aliphatic rings. The average Bonchev–Trinajstić information content (AvgIpc) is 2.01. The summed E-state index contributed by atoms with van der Waals surface area (Å²) in [7, 11) is 0. The van der Waals surface area contributed by atoms with Crippen molar-refractivity contribution in [3.63, 3.8) is 0 Å². The van der Waals surface area contributed by atoms with Gasteiger partial charge in [0, 0.05) is 6.61 Å². The Hall–Kier alpha value is -0.570. The van der Waals surface area contributed by atoms with Gasteiger partial charge in [-0.05, 0) is 18.3 Å². The van der Waals surface area contributed by atoms with Gasteiger partial charge in [-0.2, -0.15) is 0 Å². The van der Waals surface area contributed by atoms with Gasteiger partial charge in [0.2, 0.25) is 0 Å². The van der Waals surface area contributed by atoms with E-state index in [1.54, 1.807) is 0 Å². The van der Waals surface area contributed by atoms with Crippen LogP contribution in [0.1, 0.15) is 41.0 Å². The minimum absolute atomic E-state index is 0.135. The zero-order valence-corrected chi connectivity index (χ0v) is 10.6. The highest BCUT2D eigenvalue weighted by atomic mass is 16.5. The normalized spacial score (nSPS) is 13.7. The van der Waals surface area contributed by atoms with Crippen LogP contribution < -0.4 is 0 Å². The van der Waals surface area contributed by atoms with Gasteiger partial charge in [-0.3, -0.25) is 4.79 Å². The van der Waals surface area contributed by atoms with Crippen molar-refractivity contribution >= 4 is 5.97 Å². The minimum Gasteiger partial charge on any atom is -0.466 e. The Balaban J connectivity index is 3.57. The second-order valence-electron chi connectivity index (χ2n) is 5.19. The molecule has 1 atom stereocenters. The molecule has 0 aromatic rings. The zero-order valence-electron chi connectivity index (χ0n) is 10.6. The van der Waals surface area contributed by atoms with E-state index in [9.17, 15) is 4.79 Å². The van der Waals surface area contributed by atoms with Gasteiger partial charge in [-0.1, -0.05) is 27.7 Å². The van der Waals surface area contributed by atoms with Gasteiger partial charge in [0.25, 0.3) is 0 Å². The van der Waals surface area contributed by atoms with Crippen molar-refractivity contribution in [1.29, 1.82) is 0 Å². The third-order valence-electron chi connectivity index (χ3n) is 1.76. The molecule has 0 aromatic carbocycles. The Morgan fingerprint density at radius 1 is 1.33 bits per heavy atom. The highest BCUT2D eigenvalue weighted by Crippen LogP contribution is 2.14. The molecule has 0 radical (unpaired) electrons. The van der Waals surface area contributed by atoms with E-state index >= 15 is 0 Å². The van der Waals surface area contributed by atoms with Crippen LogP contribution >= 0.6 is 0 Å². The number of hydrogen-bond donors (Lipinski definition) is 0. The number of ether oxygens (including phenoxy) is 2. The molecule has 0 aromatic heterocycles. The molecular weight excluding hydrogens is 192 g/mol. The molecule has 0 aliphatic carbocycles. The fourth-order valence-corrected chi connectivity index (χ4v) is 1.13. The fourth-order valence-electron chi connectivity index (χ4n) is 1.13. The number of carbonyl (C=O) groups excluding carboxylic acids is 1. The second-order valence-corrected chi connectivity index (χ2v) is 5.19. The van der Waals surface area contributed by atoms with Gasteiger partial charge in [-0.15, -0.1) is 0 Å². The lowest BCUT2D eigenvalue weighted by Gasteiger charge is -2.19. The monoisotopic (exact) mass is 216 g/mol. The summed E-state index contributed by atoms with van der Waals surface area (Å²) in [4.78, 5) is 11.1. The molecule has 3 heteroatoms.